The quantitative estimate of drug-likeness (QED) is 0.0564. The first-order valence-corrected chi connectivity index (χ1v) is 16.3. The summed E-state index contributed by atoms with van der Waals surface area (Å²) in [6.45, 7) is 3.99. The highest BCUT2D eigenvalue weighted by molar-refractivity contribution is 5.81. The molecule has 1 unspecified atom stereocenters. The molecule has 0 saturated heterocycles. The van der Waals surface area contributed by atoms with Crippen molar-refractivity contribution in [3.63, 3.8) is 0 Å². The van der Waals surface area contributed by atoms with Crippen molar-refractivity contribution in [3.8, 4) is 12.3 Å². The monoisotopic (exact) mass is 587 g/mol. The van der Waals surface area contributed by atoms with E-state index in [1.807, 2.05) is 6.92 Å². The molecule has 0 aliphatic heterocycles. The van der Waals surface area contributed by atoms with Crippen molar-refractivity contribution in [3.05, 3.63) is 12.4 Å². The average Bonchev–Trinajstić information content (AvgIpc) is 3.38. The smallest absolute Gasteiger partial charge is 0.312 e. The van der Waals surface area contributed by atoms with Gasteiger partial charge in [-0.15, -0.1) is 6.42 Å². The predicted molar refractivity (Wildman–Crippen MR) is 167 cm³/mol. The van der Waals surface area contributed by atoms with Crippen LogP contribution in [-0.2, 0) is 16.1 Å². The maximum absolute atomic E-state index is 13.7. The minimum absolute atomic E-state index is 0.0127. The number of nitrogen functional groups attached to an aromatic ring is 1. The van der Waals surface area contributed by atoms with Crippen LogP contribution in [0.1, 0.15) is 136 Å². The molecule has 0 aromatic carbocycles. The normalized spacial score (nSPS) is 13.6. The van der Waals surface area contributed by atoms with Crippen LogP contribution in [0.3, 0.4) is 0 Å². The third-order valence-electron chi connectivity index (χ3n) is 8.36. The molecule has 0 radical (unpaired) electrons. The zero-order valence-electron chi connectivity index (χ0n) is 26.1. The Morgan fingerprint density at radius 3 is 2.00 bits per heavy atom. The molecule has 0 spiro atoms. The second-order valence-electron chi connectivity index (χ2n) is 11.7. The number of halogens is 1. The maximum atomic E-state index is 13.7. The molecule has 2 heterocycles. The number of rotatable bonds is 24. The second-order valence-corrected chi connectivity index (χ2v) is 11.7. The van der Waals surface area contributed by atoms with Crippen molar-refractivity contribution in [1.82, 2.24) is 19.5 Å². The van der Waals surface area contributed by atoms with Gasteiger partial charge in [-0.25, -0.2) is 4.98 Å². The van der Waals surface area contributed by atoms with Crippen LogP contribution in [0, 0.1) is 23.8 Å². The van der Waals surface area contributed by atoms with E-state index in [1.54, 1.807) is 0 Å². The lowest BCUT2D eigenvalue weighted by atomic mass is 9.81. The lowest BCUT2D eigenvalue weighted by molar-refractivity contribution is -0.148. The van der Waals surface area contributed by atoms with E-state index in [1.165, 1.54) is 101 Å². The van der Waals surface area contributed by atoms with E-state index >= 15 is 0 Å². The van der Waals surface area contributed by atoms with E-state index in [9.17, 15) is 14.3 Å². The van der Waals surface area contributed by atoms with Gasteiger partial charge in [0.25, 0.3) is 0 Å². The Hall–Kier alpha value is -2.73. The molecule has 2 aromatic heterocycles. The first-order chi connectivity index (χ1) is 20.4. The van der Waals surface area contributed by atoms with Crippen molar-refractivity contribution in [1.29, 1.82) is 0 Å². The average molecular weight is 588 g/mol. The number of nitrogens with two attached hydrogens (primary N) is 1. The number of aliphatic hydroxyl groups excluding tert-OH is 1. The van der Waals surface area contributed by atoms with Gasteiger partial charge in [0.05, 0.1) is 24.4 Å². The molecule has 2 aromatic rings. The van der Waals surface area contributed by atoms with E-state index in [4.69, 9.17) is 16.9 Å². The Balaban J connectivity index is 1.56. The van der Waals surface area contributed by atoms with Gasteiger partial charge in [0.1, 0.15) is 12.1 Å². The van der Waals surface area contributed by atoms with Gasteiger partial charge >= 0.3 is 12.0 Å². The predicted octanol–water partition coefficient (Wildman–Crippen LogP) is 7.52. The number of carbonyl (C=O) groups excluding carboxylic acids is 1. The van der Waals surface area contributed by atoms with E-state index in [2.05, 4.69) is 27.8 Å². The highest BCUT2D eigenvalue weighted by Crippen LogP contribution is 2.29. The minimum Gasteiger partial charge on any atom is -0.464 e. The van der Waals surface area contributed by atoms with Crippen molar-refractivity contribution in [2.24, 2.45) is 5.41 Å². The van der Waals surface area contributed by atoms with Gasteiger partial charge in [0.15, 0.2) is 11.5 Å². The van der Waals surface area contributed by atoms with Crippen LogP contribution in [-0.4, -0.2) is 43.3 Å². The summed E-state index contributed by atoms with van der Waals surface area (Å²) in [4.78, 5) is 23.7. The fraction of sp³-hybridized carbons (Fsp3) is 0.758. The maximum Gasteiger partial charge on any atom is 0.312 e. The Morgan fingerprint density at radius 1 is 0.976 bits per heavy atom. The number of fused-ring (bicyclic) bond motifs is 1. The van der Waals surface area contributed by atoms with Crippen molar-refractivity contribution in [2.75, 3.05) is 12.3 Å². The summed E-state index contributed by atoms with van der Waals surface area (Å²) in [5.74, 6) is 2.24. The topological polar surface area (TPSA) is 116 Å². The van der Waals surface area contributed by atoms with Gasteiger partial charge < -0.3 is 20.1 Å². The number of anilines is 1. The van der Waals surface area contributed by atoms with E-state index in [0.29, 0.717) is 12.8 Å². The molecule has 0 aliphatic rings. The molecule has 42 heavy (non-hydrogen) atoms. The van der Waals surface area contributed by atoms with Gasteiger partial charge in [0, 0.05) is 6.42 Å². The fourth-order valence-electron chi connectivity index (χ4n) is 5.38. The van der Waals surface area contributed by atoms with Gasteiger partial charge in [-0.1, -0.05) is 123 Å². The molecule has 0 fully saturated rings. The fourth-order valence-corrected chi connectivity index (χ4v) is 5.38. The number of hydrogen-bond donors (Lipinski definition) is 2. The van der Waals surface area contributed by atoms with Crippen LogP contribution in [0.15, 0.2) is 6.33 Å². The highest BCUT2D eigenvalue weighted by atomic mass is 19.1. The molecule has 3 N–H and O–H groups in total. The van der Waals surface area contributed by atoms with Crippen LogP contribution in [0.4, 0.5) is 10.2 Å². The summed E-state index contributed by atoms with van der Waals surface area (Å²) in [5.41, 5.74) is 5.03. The molecule has 9 heteroatoms. The van der Waals surface area contributed by atoms with Crippen LogP contribution in [0.2, 0.25) is 0 Å². The van der Waals surface area contributed by atoms with Crippen LogP contribution in [0.25, 0.3) is 11.2 Å². The number of ether oxygens (including phenoxy) is 1. The Morgan fingerprint density at radius 2 is 1.50 bits per heavy atom. The number of imidazole rings is 1. The molecule has 0 aliphatic carbocycles. The molecule has 8 nitrogen and oxygen atoms in total. The zero-order chi connectivity index (χ0) is 30.6. The summed E-state index contributed by atoms with van der Waals surface area (Å²) in [6, 6.07) is 0. The van der Waals surface area contributed by atoms with Gasteiger partial charge in [-0.2, -0.15) is 14.4 Å². The second kappa shape index (κ2) is 20.2. The Labute approximate surface area is 252 Å². The number of hydrogen-bond acceptors (Lipinski definition) is 7. The van der Waals surface area contributed by atoms with E-state index in [-0.39, 0.29) is 36.1 Å². The largest absolute Gasteiger partial charge is 0.464 e. The van der Waals surface area contributed by atoms with Gasteiger partial charge in [-0.05, 0) is 12.8 Å². The van der Waals surface area contributed by atoms with Crippen molar-refractivity contribution < 1.29 is 19.0 Å². The van der Waals surface area contributed by atoms with Gasteiger partial charge in [-0.3, -0.25) is 4.79 Å². The third-order valence-corrected chi connectivity index (χ3v) is 8.36. The molecular formula is C33H54FN5O3. The number of aromatic nitrogens is 4. The molecule has 0 saturated carbocycles. The van der Waals surface area contributed by atoms with Crippen molar-refractivity contribution >= 4 is 23.0 Å². The summed E-state index contributed by atoms with van der Waals surface area (Å²) in [6.07, 6.45) is 27.7. The number of nitrogens with zero attached hydrogens (tertiary/aromatic N) is 4. The first kappa shape index (κ1) is 35.5. The van der Waals surface area contributed by atoms with Crippen molar-refractivity contribution in [2.45, 2.75) is 148 Å². The van der Waals surface area contributed by atoms with E-state index < -0.39 is 17.6 Å². The number of unbranched alkanes of at least 4 members (excludes halogenated alkanes) is 16. The molecule has 0 bridgehead atoms. The Kier molecular flexibility index (Phi) is 17.1. The number of carbonyl (C=O) groups is 1. The standard InChI is InChI=1S/C33H54FN5O3/c1-4-7-8-9-10-11-12-13-14-15-16-17-18-19-20-21-22-23-28(41)42-25-33(5-2,6-3)27(40)24-39-26-36-29-30(35)37-32(34)38-31(29)39/h2,26-27,40H,4,6-25H2,1,3H3,(H2,35,37,38)/t27-,33?/m0/s1. The molecule has 2 atom stereocenters. The summed E-state index contributed by atoms with van der Waals surface area (Å²) >= 11 is 0. The Bertz CT molecular complexity index is 1090. The SMILES string of the molecule is C#CC(CC)(COC(=O)CCCCCCCCCCCCCCCCCCC)[C@@H](O)Cn1cnc2c(N)nc(F)nc21. The molecule has 0 amide bonds. The molecular weight excluding hydrogens is 533 g/mol. The minimum atomic E-state index is -1.10. The number of esters is 1. The lowest BCUT2D eigenvalue weighted by Crippen LogP contribution is -2.41. The zero-order valence-corrected chi connectivity index (χ0v) is 26.1. The molecule has 2 rings (SSSR count). The number of terminal acetylenes is 1. The van der Waals surface area contributed by atoms with Crippen LogP contribution in [0.5, 0.6) is 0 Å². The number of aliphatic hydroxyl groups is 1. The van der Waals surface area contributed by atoms with Crippen LogP contribution < -0.4 is 5.73 Å². The summed E-state index contributed by atoms with van der Waals surface area (Å²) < 4.78 is 20.7. The molecule has 236 valence electrons. The summed E-state index contributed by atoms with van der Waals surface area (Å²) in [5, 5.41) is 11.0. The van der Waals surface area contributed by atoms with Gasteiger partial charge in [0.2, 0.25) is 0 Å². The van der Waals surface area contributed by atoms with E-state index in [0.717, 1.165) is 19.3 Å². The van der Waals surface area contributed by atoms with Crippen LogP contribution >= 0.6 is 0 Å². The summed E-state index contributed by atoms with van der Waals surface area (Å²) in [7, 11) is 0. The first-order valence-electron chi connectivity index (χ1n) is 16.3. The highest BCUT2D eigenvalue weighted by Gasteiger charge is 2.37. The lowest BCUT2D eigenvalue weighted by Gasteiger charge is -2.32. The third kappa shape index (κ3) is 12.2.